The van der Waals surface area contributed by atoms with Crippen LogP contribution in [0.25, 0.3) is 0 Å². The molecule has 2 nitrogen and oxygen atoms in total. The van der Waals surface area contributed by atoms with E-state index in [1.54, 1.807) is 13.8 Å². The zero-order valence-electron chi connectivity index (χ0n) is 9.60. The molecule has 0 aliphatic rings. The maximum Gasteiger partial charge on any atom is 0.170 e. The molecule has 2 N–H and O–H groups in total. The monoisotopic (exact) mass is 227 g/mol. The maximum atomic E-state index is 13.6. The zero-order chi connectivity index (χ0) is 12.5. The van der Waals surface area contributed by atoms with Crippen molar-refractivity contribution in [1.29, 1.82) is 0 Å². The first kappa shape index (κ1) is 12.8. The van der Waals surface area contributed by atoms with E-state index in [0.717, 1.165) is 6.07 Å². The van der Waals surface area contributed by atoms with E-state index in [4.69, 9.17) is 5.73 Å². The highest BCUT2D eigenvalue weighted by atomic mass is 19.1. The van der Waals surface area contributed by atoms with Gasteiger partial charge in [-0.25, -0.2) is 8.78 Å². The van der Waals surface area contributed by atoms with E-state index in [-0.39, 0.29) is 12.0 Å². The summed E-state index contributed by atoms with van der Waals surface area (Å²) in [6.45, 7) is 4.76. The van der Waals surface area contributed by atoms with Gasteiger partial charge in [0.15, 0.2) is 5.78 Å². The number of aryl methyl sites for hydroxylation is 1. The van der Waals surface area contributed by atoms with E-state index in [1.165, 1.54) is 13.0 Å². The average molecular weight is 227 g/mol. The van der Waals surface area contributed by atoms with Crippen LogP contribution in [0.1, 0.15) is 36.2 Å². The molecular weight excluding hydrogens is 212 g/mol. The normalized spacial score (nSPS) is 11.6. The fraction of sp³-hybridized carbons (Fsp3) is 0.417. The van der Waals surface area contributed by atoms with Crippen molar-refractivity contribution in [1.82, 2.24) is 0 Å². The van der Waals surface area contributed by atoms with Crippen LogP contribution in [-0.4, -0.2) is 11.3 Å². The number of halogens is 2. The van der Waals surface area contributed by atoms with Crippen molar-refractivity contribution < 1.29 is 13.6 Å². The minimum atomic E-state index is -0.836. The molecule has 0 aliphatic heterocycles. The van der Waals surface area contributed by atoms with Gasteiger partial charge in [0.25, 0.3) is 0 Å². The smallest absolute Gasteiger partial charge is 0.170 e. The molecule has 0 bridgehead atoms. The molecule has 4 heteroatoms. The number of rotatable bonds is 3. The van der Waals surface area contributed by atoms with E-state index in [0.29, 0.717) is 0 Å². The third kappa shape index (κ3) is 2.85. The fourth-order valence-corrected chi connectivity index (χ4v) is 1.41. The first-order valence-electron chi connectivity index (χ1n) is 4.99. The van der Waals surface area contributed by atoms with Crippen molar-refractivity contribution in [3.05, 3.63) is 34.9 Å². The van der Waals surface area contributed by atoms with E-state index < -0.39 is 28.5 Å². The average Bonchev–Trinajstić information content (AvgIpc) is 2.09. The van der Waals surface area contributed by atoms with Crippen LogP contribution in [0.3, 0.4) is 0 Å². The van der Waals surface area contributed by atoms with Crippen molar-refractivity contribution in [2.75, 3.05) is 0 Å². The van der Waals surface area contributed by atoms with Gasteiger partial charge in [-0.05, 0) is 32.4 Å². The maximum absolute atomic E-state index is 13.6. The molecule has 0 amide bonds. The molecule has 0 fully saturated rings. The standard InChI is InChI=1S/C12H15F2NO/c1-7-4-5-8(13)10(11(7)14)9(16)6-12(2,3)15/h4-5H,6,15H2,1-3H3. The van der Waals surface area contributed by atoms with Crippen LogP contribution in [0.2, 0.25) is 0 Å². The van der Waals surface area contributed by atoms with Crippen molar-refractivity contribution in [2.24, 2.45) is 5.73 Å². The third-order valence-electron chi connectivity index (χ3n) is 2.18. The lowest BCUT2D eigenvalue weighted by Gasteiger charge is -2.17. The lowest BCUT2D eigenvalue weighted by Crippen LogP contribution is -2.35. The van der Waals surface area contributed by atoms with Crippen LogP contribution < -0.4 is 5.73 Å². The summed E-state index contributed by atoms with van der Waals surface area (Å²) >= 11 is 0. The summed E-state index contributed by atoms with van der Waals surface area (Å²) in [5.74, 6) is -2.24. The Morgan fingerprint density at radius 2 is 1.94 bits per heavy atom. The van der Waals surface area contributed by atoms with Crippen LogP contribution >= 0.6 is 0 Å². The number of carbonyl (C=O) groups is 1. The number of carbonyl (C=O) groups excluding carboxylic acids is 1. The Hall–Kier alpha value is -1.29. The van der Waals surface area contributed by atoms with Gasteiger partial charge in [0.1, 0.15) is 11.6 Å². The van der Waals surface area contributed by atoms with Gasteiger partial charge in [-0.2, -0.15) is 0 Å². The highest BCUT2D eigenvalue weighted by molar-refractivity contribution is 5.97. The first-order chi connectivity index (χ1) is 7.22. The third-order valence-corrected chi connectivity index (χ3v) is 2.18. The number of benzene rings is 1. The fourth-order valence-electron chi connectivity index (χ4n) is 1.41. The summed E-state index contributed by atoms with van der Waals surface area (Å²) in [6.07, 6.45) is -0.0930. The first-order valence-corrected chi connectivity index (χ1v) is 4.99. The van der Waals surface area contributed by atoms with E-state index in [9.17, 15) is 13.6 Å². The molecule has 0 saturated heterocycles. The quantitative estimate of drug-likeness (QED) is 0.806. The molecule has 0 aromatic heterocycles. The zero-order valence-corrected chi connectivity index (χ0v) is 9.60. The van der Waals surface area contributed by atoms with Gasteiger partial charge in [-0.3, -0.25) is 4.79 Å². The lowest BCUT2D eigenvalue weighted by atomic mass is 9.94. The molecule has 0 aliphatic carbocycles. The molecule has 1 aromatic carbocycles. The molecule has 0 spiro atoms. The molecule has 0 atom stereocenters. The molecule has 0 saturated carbocycles. The summed E-state index contributed by atoms with van der Waals surface area (Å²) in [7, 11) is 0. The molecule has 0 heterocycles. The molecule has 88 valence electrons. The molecule has 1 aromatic rings. The number of Topliss-reactive ketones (excluding diaryl/α,β-unsaturated/α-hetero) is 1. The van der Waals surface area contributed by atoms with Crippen molar-refractivity contribution in [3.8, 4) is 0 Å². The Bertz CT molecular complexity index is 422. The van der Waals surface area contributed by atoms with Crippen molar-refractivity contribution in [2.45, 2.75) is 32.7 Å². The second-order valence-electron chi connectivity index (χ2n) is 4.64. The Morgan fingerprint density at radius 3 is 2.44 bits per heavy atom. The summed E-state index contributed by atoms with van der Waals surface area (Å²) in [4.78, 5) is 11.7. The summed E-state index contributed by atoms with van der Waals surface area (Å²) < 4.78 is 26.9. The van der Waals surface area contributed by atoms with Crippen LogP contribution in [0.4, 0.5) is 8.78 Å². The van der Waals surface area contributed by atoms with E-state index in [2.05, 4.69) is 0 Å². The van der Waals surface area contributed by atoms with Crippen molar-refractivity contribution >= 4 is 5.78 Å². The molecular formula is C12H15F2NO. The van der Waals surface area contributed by atoms with Gasteiger partial charge in [-0.15, -0.1) is 0 Å². The number of hydrogen-bond donors (Lipinski definition) is 1. The Labute approximate surface area is 93.5 Å². The van der Waals surface area contributed by atoms with Crippen molar-refractivity contribution in [3.63, 3.8) is 0 Å². The highest BCUT2D eigenvalue weighted by Gasteiger charge is 2.24. The van der Waals surface area contributed by atoms with Crippen LogP contribution in [-0.2, 0) is 0 Å². The minimum Gasteiger partial charge on any atom is -0.325 e. The van der Waals surface area contributed by atoms with Gasteiger partial charge < -0.3 is 5.73 Å². The molecule has 0 unspecified atom stereocenters. The Kier molecular flexibility index (Phi) is 3.43. The summed E-state index contributed by atoms with van der Waals surface area (Å²) in [5.41, 5.74) is 4.63. The minimum absolute atomic E-state index is 0.0930. The number of ketones is 1. The van der Waals surface area contributed by atoms with E-state index >= 15 is 0 Å². The lowest BCUT2D eigenvalue weighted by molar-refractivity contribution is 0.0952. The largest absolute Gasteiger partial charge is 0.325 e. The summed E-state index contributed by atoms with van der Waals surface area (Å²) in [6, 6.07) is 2.39. The predicted molar refractivity (Wildman–Crippen MR) is 58.3 cm³/mol. The Balaban J connectivity index is 3.14. The molecule has 1 rings (SSSR count). The van der Waals surface area contributed by atoms with Gasteiger partial charge in [0, 0.05) is 12.0 Å². The summed E-state index contributed by atoms with van der Waals surface area (Å²) in [5, 5.41) is 0. The SMILES string of the molecule is Cc1ccc(F)c(C(=O)CC(C)(C)N)c1F. The second-order valence-corrected chi connectivity index (χ2v) is 4.64. The van der Waals surface area contributed by atoms with Gasteiger partial charge in [0.2, 0.25) is 0 Å². The van der Waals surface area contributed by atoms with Gasteiger partial charge in [-0.1, -0.05) is 6.07 Å². The number of nitrogens with two attached hydrogens (primary N) is 1. The van der Waals surface area contributed by atoms with Crippen LogP contribution in [0.15, 0.2) is 12.1 Å². The Morgan fingerprint density at radius 1 is 1.38 bits per heavy atom. The van der Waals surface area contributed by atoms with Crippen LogP contribution in [0.5, 0.6) is 0 Å². The molecule has 16 heavy (non-hydrogen) atoms. The topological polar surface area (TPSA) is 43.1 Å². The number of hydrogen-bond acceptors (Lipinski definition) is 2. The van der Waals surface area contributed by atoms with Crippen LogP contribution in [0, 0.1) is 18.6 Å². The highest BCUT2D eigenvalue weighted by Crippen LogP contribution is 2.20. The van der Waals surface area contributed by atoms with Gasteiger partial charge in [0.05, 0.1) is 5.56 Å². The predicted octanol–water partition coefficient (Wildman–Crippen LogP) is 2.58. The van der Waals surface area contributed by atoms with E-state index in [1.807, 2.05) is 0 Å². The van der Waals surface area contributed by atoms with Gasteiger partial charge >= 0.3 is 0 Å². The molecule has 0 radical (unpaired) electrons. The second kappa shape index (κ2) is 4.29.